The number of carboxylic acids is 1. The smallest absolute Gasteiger partial charge is 0.315 e. The molecule has 1 fully saturated rings. The number of likely N-dealkylation sites (tertiary alicyclic amines) is 1. The average Bonchev–Trinajstić information content (AvgIpc) is 3.44. The maximum Gasteiger partial charge on any atom is 0.315 e. The summed E-state index contributed by atoms with van der Waals surface area (Å²) < 4.78 is 8.38. The van der Waals surface area contributed by atoms with Crippen molar-refractivity contribution >= 4 is 17.4 Å². The highest BCUT2D eigenvalue weighted by molar-refractivity contribution is 5.80. The van der Waals surface area contributed by atoms with Gasteiger partial charge in [0.2, 0.25) is 0 Å². The van der Waals surface area contributed by atoms with Crippen molar-refractivity contribution in [3.63, 3.8) is 0 Å². The Labute approximate surface area is 242 Å². The van der Waals surface area contributed by atoms with Crippen molar-refractivity contribution in [3.8, 4) is 0 Å². The molecule has 1 aliphatic heterocycles. The predicted octanol–water partition coefficient (Wildman–Crippen LogP) is 5.94. The first kappa shape index (κ1) is 28.8. The third-order valence-corrected chi connectivity index (χ3v) is 8.45. The lowest BCUT2D eigenvalue weighted by molar-refractivity contribution is -0.144. The minimum Gasteiger partial charge on any atom is -0.481 e. The number of imidazole rings is 1. The van der Waals surface area contributed by atoms with Crippen LogP contribution in [0.15, 0.2) is 79.0 Å². The molecule has 1 aliphatic rings. The Morgan fingerprint density at radius 3 is 2.22 bits per heavy atom. The molecule has 0 atom stereocenters. The molecular weight excluding hydrogens is 514 g/mol. The van der Waals surface area contributed by atoms with Crippen molar-refractivity contribution in [2.24, 2.45) is 0 Å². The second-order valence-electron chi connectivity index (χ2n) is 10.9. The molecule has 4 aromatic rings. The van der Waals surface area contributed by atoms with Gasteiger partial charge in [-0.25, -0.2) is 9.50 Å². The van der Waals surface area contributed by atoms with E-state index >= 15 is 0 Å². The van der Waals surface area contributed by atoms with Gasteiger partial charge in [0.15, 0.2) is 5.65 Å². The van der Waals surface area contributed by atoms with Crippen LogP contribution < -0.4 is 5.32 Å². The van der Waals surface area contributed by atoms with Crippen LogP contribution in [0.4, 0.5) is 5.82 Å². The van der Waals surface area contributed by atoms with Crippen molar-refractivity contribution in [2.75, 3.05) is 31.5 Å². The minimum absolute atomic E-state index is 0.0425. The number of rotatable bonds is 13. The number of carbonyl (C=O) groups is 1. The highest BCUT2D eigenvalue weighted by atomic mass is 16.5. The Kier molecular flexibility index (Phi) is 9.31. The van der Waals surface area contributed by atoms with Crippen LogP contribution >= 0.6 is 0 Å². The zero-order valence-corrected chi connectivity index (χ0v) is 24.1. The molecule has 3 heterocycles. The zero-order chi connectivity index (χ0) is 28.7. The Balaban J connectivity index is 1.09. The average molecular weight is 556 g/mol. The van der Waals surface area contributed by atoms with E-state index in [1.165, 1.54) is 11.1 Å². The molecule has 0 aliphatic carbocycles. The van der Waals surface area contributed by atoms with E-state index < -0.39 is 11.4 Å². The summed E-state index contributed by atoms with van der Waals surface area (Å²) in [5.74, 6) is -0.0811. The number of carboxylic acid groups (broad SMARTS) is 1. The highest BCUT2D eigenvalue weighted by Gasteiger charge is 2.39. The fourth-order valence-corrected chi connectivity index (χ4v) is 5.82. The van der Waals surface area contributed by atoms with E-state index in [2.05, 4.69) is 68.8 Å². The van der Waals surface area contributed by atoms with Gasteiger partial charge in [-0.15, -0.1) is 5.10 Å². The molecule has 0 bridgehead atoms. The van der Waals surface area contributed by atoms with E-state index in [1.54, 1.807) is 10.7 Å². The molecule has 2 aromatic heterocycles. The lowest BCUT2D eigenvalue weighted by Crippen LogP contribution is -2.38. The summed E-state index contributed by atoms with van der Waals surface area (Å²) in [6.07, 6.45) is 5.98. The Morgan fingerprint density at radius 2 is 1.63 bits per heavy atom. The molecule has 216 valence electrons. The lowest BCUT2D eigenvalue weighted by Gasteiger charge is -2.34. The van der Waals surface area contributed by atoms with Gasteiger partial charge in [0.25, 0.3) is 0 Å². The van der Waals surface area contributed by atoms with Crippen LogP contribution in [0.5, 0.6) is 0 Å². The molecule has 0 unspecified atom stereocenters. The third-order valence-electron chi connectivity index (χ3n) is 8.45. The number of nitrogens with zero attached hydrogens (tertiary/aromatic N) is 4. The van der Waals surface area contributed by atoms with Crippen LogP contribution in [0.1, 0.15) is 68.9 Å². The van der Waals surface area contributed by atoms with Gasteiger partial charge in [0.05, 0.1) is 18.0 Å². The number of nitrogens with one attached hydrogen (secondary N) is 1. The number of piperidine rings is 1. The number of anilines is 1. The Morgan fingerprint density at radius 1 is 1.00 bits per heavy atom. The Bertz CT molecular complexity index is 1360. The lowest BCUT2D eigenvalue weighted by atomic mass is 9.80. The summed E-state index contributed by atoms with van der Waals surface area (Å²) in [6, 6.07) is 24.8. The quantitative estimate of drug-likeness (QED) is 0.197. The van der Waals surface area contributed by atoms with Crippen molar-refractivity contribution < 1.29 is 14.6 Å². The van der Waals surface area contributed by atoms with Gasteiger partial charge in [-0.3, -0.25) is 4.79 Å². The first-order chi connectivity index (χ1) is 20.0. The minimum atomic E-state index is -0.982. The molecule has 8 nitrogen and oxygen atoms in total. The second kappa shape index (κ2) is 13.3. The number of hydrogen-bond acceptors (Lipinski definition) is 6. The van der Waals surface area contributed by atoms with E-state index in [1.807, 2.05) is 38.1 Å². The molecule has 1 saturated heterocycles. The van der Waals surface area contributed by atoms with E-state index in [9.17, 15) is 9.90 Å². The van der Waals surface area contributed by atoms with Crippen molar-refractivity contribution in [3.05, 3.63) is 95.8 Å². The molecule has 0 amide bonds. The number of hydrogen-bond donors (Lipinski definition) is 2. The summed E-state index contributed by atoms with van der Waals surface area (Å²) in [5, 5.41) is 17.9. The number of fused-ring (bicyclic) bond motifs is 1. The van der Waals surface area contributed by atoms with E-state index in [0.29, 0.717) is 24.2 Å². The largest absolute Gasteiger partial charge is 0.481 e. The van der Waals surface area contributed by atoms with Gasteiger partial charge in [0.1, 0.15) is 17.3 Å². The fraction of sp³-hybridized carbons (Fsp3) is 0.424. The molecule has 0 saturated carbocycles. The van der Waals surface area contributed by atoms with Crippen LogP contribution in [-0.4, -0.2) is 62.9 Å². The molecule has 41 heavy (non-hydrogen) atoms. The molecule has 0 spiro atoms. The van der Waals surface area contributed by atoms with Crippen molar-refractivity contribution in [1.82, 2.24) is 19.5 Å². The number of ether oxygens (including phenoxy) is 1. The van der Waals surface area contributed by atoms with Crippen LogP contribution in [0.2, 0.25) is 0 Å². The SMILES string of the molecule is CCC(CC)(C(=O)O)c1cn2nc(NCCCN3CCC(OC(c4ccccc4)c4ccccc4)CC3)ccc2n1. The molecule has 2 N–H and O–H groups in total. The molecule has 2 aromatic carbocycles. The van der Waals surface area contributed by atoms with E-state index in [-0.39, 0.29) is 12.2 Å². The van der Waals surface area contributed by atoms with Crippen LogP contribution in [0.25, 0.3) is 5.65 Å². The molecule has 8 heteroatoms. The normalized spacial score (nSPS) is 15.0. The van der Waals surface area contributed by atoms with Crippen molar-refractivity contribution in [1.29, 1.82) is 0 Å². The first-order valence-corrected chi connectivity index (χ1v) is 14.8. The van der Waals surface area contributed by atoms with E-state index in [4.69, 9.17) is 4.74 Å². The summed E-state index contributed by atoms with van der Waals surface area (Å²) in [4.78, 5) is 19.1. The fourth-order valence-electron chi connectivity index (χ4n) is 5.82. The summed E-state index contributed by atoms with van der Waals surface area (Å²) in [6.45, 7) is 7.68. The van der Waals surface area contributed by atoms with Crippen LogP contribution in [-0.2, 0) is 14.9 Å². The van der Waals surface area contributed by atoms with Crippen molar-refractivity contribution in [2.45, 2.75) is 63.6 Å². The maximum absolute atomic E-state index is 12.0. The zero-order valence-electron chi connectivity index (χ0n) is 24.1. The number of aliphatic carboxylic acids is 1. The molecule has 0 radical (unpaired) electrons. The van der Waals surface area contributed by atoms with Gasteiger partial charge in [-0.1, -0.05) is 74.5 Å². The first-order valence-electron chi connectivity index (χ1n) is 14.8. The third kappa shape index (κ3) is 6.60. The predicted molar refractivity (Wildman–Crippen MR) is 161 cm³/mol. The summed E-state index contributed by atoms with van der Waals surface area (Å²) in [7, 11) is 0. The number of aromatic nitrogens is 3. The standard InChI is InChI=1S/C33H41N5O3/c1-3-33(4-2,32(39)40)28-24-38-30(35-28)17-16-29(36-38)34-20-11-21-37-22-18-27(19-23-37)41-31(25-12-7-5-8-13-25)26-14-9-6-10-15-26/h5-10,12-17,24,27,31H,3-4,11,18-23H2,1-2H3,(H,34,36)(H,39,40). The second-order valence-corrected chi connectivity index (χ2v) is 10.9. The molecule has 5 rings (SSSR count). The van der Waals surface area contributed by atoms with Crippen LogP contribution in [0, 0.1) is 0 Å². The van der Waals surface area contributed by atoms with E-state index in [0.717, 1.165) is 51.3 Å². The summed E-state index contributed by atoms with van der Waals surface area (Å²) >= 11 is 0. The van der Waals surface area contributed by atoms with Gasteiger partial charge < -0.3 is 20.1 Å². The van der Waals surface area contributed by atoms with Crippen LogP contribution in [0.3, 0.4) is 0 Å². The number of benzene rings is 2. The van der Waals surface area contributed by atoms with Gasteiger partial charge in [-0.2, -0.15) is 0 Å². The summed E-state index contributed by atoms with van der Waals surface area (Å²) in [5.41, 5.74) is 2.63. The van der Waals surface area contributed by atoms with Gasteiger partial charge in [-0.05, 0) is 61.9 Å². The Hall–Kier alpha value is -3.75. The van der Waals surface area contributed by atoms with Gasteiger partial charge >= 0.3 is 5.97 Å². The maximum atomic E-state index is 12.0. The topological polar surface area (TPSA) is 92.0 Å². The van der Waals surface area contributed by atoms with Gasteiger partial charge in [0, 0.05) is 19.6 Å². The highest BCUT2D eigenvalue weighted by Crippen LogP contribution is 2.32. The monoisotopic (exact) mass is 555 g/mol. The molecular formula is C33H41N5O3.